The number of aliphatic hydroxyl groups is 1. The minimum absolute atomic E-state index is 0.144. The molecule has 0 fully saturated rings. The summed E-state index contributed by atoms with van der Waals surface area (Å²) in [5.41, 5.74) is 0.714. The Morgan fingerprint density at radius 2 is 1.68 bits per heavy atom. The number of hydrogen-bond donors (Lipinski definition) is 1. The van der Waals surface area contributed by atoms with Crippen LogP contribution in [0.2, 0.25) is 0 Å². The minimum Gasteiger partial charge on any atom is -0.462 e. The molecule has 0 unspecified atom stereocenters. The Morgan fingerprint density at radius 3 is 2.18 bits per heavy atom. The lowest BCUT2D eigenvalue weighted by molar-refractivity contribution is -0.263. The Balaban J connectivity index is 2.32. The third kappa shape index (κ3) is 3.64. The molecule has 1 heterocycles. The van der Waals surface area contributed by atoms with Gasteiger partial charge in [0.25, 0.3) is 0 Å². The molecular formula is C19H29NO2. The Hall–Kier alpha value is -1.48. The van der Waals surface area contributed by atoms with Crippen molar-refractivity contribution in [2.75, 3.05) is 6.54 Å². The van der Waals surface area contributed by atoms with E-state index in [-0.39, 0.29) is 10.8 Å². The Labute approximate surface area is 134 Å². The highest BCUT2D eigenvalue weighted by atomic mass is 16.6. The smallest absolute Gasteiger partial charge is 0.230 e. The van der Waals surface area contributed by atoms with Gasteiger partial charge in [0.05, 0.1) is 6.54 Å². The molecule has 122 valence electrons. The van der Waals surface area contributed by atoms with Crippen LogP contribution in [0.25, 0.3) is 0 Å². The standard InChI is InChI=1S/C19H29NO2/c1-17(2,3)16-13-20(12-15-10-8-7-9-11-15)14-19(21,22-16)18(4,5)6/h7-11,13,21H,12,14H2,1-6H3/t19-/m1/s1. The Bertz CT molecular complexity index is 537. The first-order valence-electron chi connectivity index (χ1n) is 7.93. The lowest BCUT2D eigenvalue weighted by atomic mass is 9.83. The van der Waals surface area contributed by atoms with Crippen LogP contribution in [0.4, 0.5) is 0 Å². The van der Waals surface area contributed by atoms with Crippen molar-refractivity contribution >= 4 is 0 Å². The molecule has 1 atom stereocenters. The van der Waals surface area contributed by atoms with Crippen LogP contribution < -0.4 is 0 Å². The van der Waals surface area contributed by atoms with Crippen molar-refractivity contribution in [2.24, 2.45) is 10.8 Å². The summed E-state index contributed by atoms with van der Waals surface area (Å²) in [4.78, 5) is 2.16. The molecule has 0 amide bonds. The molecule has 0 aliphatic carbocycles. The Morgan fingerprint density at radius 1 is 1.09 bits per heavy atom. The van der Waals surface area contributed by atoms with Gasteiger partial charge in [-0.1, -0.05) is 71.9 Å². The third-order valence-electron chi connectivity index (χ3n) is 4.14. The number of allylic oxidation sites excluding steroid dienone is 1. The van der Waals surface area contributed by atoms with Gasteiger partial charge < -0.3 is 14.7 Å². The predicted octanol–water partition coefficient (Wildman–Crippen LogP) is 4.14. The molecule has 3 heteroatoms. The second-order valence-corrected chi connectivity index (χ2v) is 8.27. The molecule has 1 aromatic carbocycles. The summed E-state index contributed by atoms with van der Waals surface area (Å²) in [7, 11) is 0. The topological polar surface area (TPSA) is 32.7 Å². The van der Waals surface area contributed by atoms with Gasteiger partial charge in [0.1, 0.15) is 5.76 Å². The summed E-state index contributed by atoms with van der Waals surface area (Å²) in [6.07, 6.45) is 2.05. The molecule has 0 saturated heterocycles. The normalized spacial score (nSPS) is 23.0. The molecule has 0 spiro atoms. The molecule has 0 bridgehead atoms. The zero-order valence-corrected chi connectivity index (χ0v) is 14.7. The molecule has 0 radical (unpaired) electrons. The average Bonchev–Trinajstić information content (AvgIpc) is 2.37. The van der Waals surface area contributed by atoms with Crippen LogP contribution in [0, 0.1) is 10.8 Å². The van der Waals surface area contributed by atoms with E-state index in [4.69, 9.17) is 4.74 Å². The second-order valence-electron chi connectivity index (χ2n) is 8.27. The fraction of sp³-hybridized carbons (Fsp3) is 0.579. The first kappa shape index (κ1) is 16.9. The van der Waals surface area contributed by atoms with Crippen LogP contribution in [0.1, 0.15) is 47.1 Å². The van der Waals surface area contributed by atoms with E-state index in [9.17, 15) is 5.11 Å². The van der Waals surface area contributed by atoms with Gasteiger partial charge in [0.2, 0.25) is 5.79 Å². The van der Waals surface area contributed by atoms with E-state index in [0.717, 1.165) is 12.3 Å². The Kier molecular flexibility index (Phi) is 4.31. The average molecular weight is 303 g/mol. The number of benzene rings is 1. The lowest BCUT2D eigenvalue weighted by Crippen LogP contribution is -2.55. The molecule has 22 heavy (non-hydrogen) atoms. The summed E-state index contributed by atoms with van der Waals surface area (Å²) in [6.45, 7) is 13.6. The number of hydrogen-bond acceptors (Lipinski definition) is 3. The molecule has 1 N–H and O–H groups in total. The molecule has 0 aromatic heterocycles. The highest BCUT2D eigenvalue weighted by Gasteiger charge is 2.47. The van der Waals surface area contributed by atoms with Crippen molar-refractivity contribution in [3.63, 3.8) is 0 Å². The summed E-state index contributed by atoms with van der Waals surface area (Å²) in [6, 6.07) is 10.3. The molecule has 1 aliphatic heterocycles. The van der Waals surface area contributed by atoms with E-state index < -0.39 is 5.79 Å². The predicted molar refractivity (Wildman–Crippen MR) is 89.9 cm³/mol. The molecule has 1 aliphatic rings. The zero-order valence-electron chi connectivity index (χ0n) is 14.7. The van der Waals surface area contributed by atoms with Crippen molar-refractivity contribution < 1.29 is 9.84 Å². The van der Waals surface area contributed by atoms with E-state index in [2.05, 4.69) is 37.8 Å². The van der Waals surface area contributed by atoms with Gasteiger partial charge in [-0.05, 0) is 5.56 Å². The van der Waals surface area contributed by atoms with Crippen molar-refractivity contribution in [1.29, 1.82) is 0 Å². The number of nitrogens with zero attached hydrogens (tertiary/aromatic N) is 1. The molecular weight excluding hydrogens is 274 g/mol. The number of β-amino-alcohol motifs (C(OH)–C–C–N with tert-alkyl or cyclic N) is 1. The fourth-order valence-corrected chi connectivity index (χ4v) is 2.38. The van der Waals surface area contributed by atoms with Gasteiger partial charge in [-0.3, -0.25) is 0 Å². The van der Waals surface area contributed by atoms with E-state index in [1.807, 2.05) is 45.2 Å². The molecule has 0 saturated carbocycles. The van der Waals surface area contributed by atoms with Crippen LogP contribution in [0.3, 0.4) is 0 Å². The van der Waals surface area contributed by atoms with Crippen LogP contribution in [0.5, 0.6) is 0 Å². The van der Waals surface area contributed by atoms with Crippen molar-refractivity contribution in [3.8, 4) is 0 Å². The van der Waals surface area contributed by atoms with Gasteiger partial charge in [-0.2, -0.15) is 0 Å². The SMILES string of the molecule is CC(C)(C)C1=CN(Cc2ccccc2)C[C@](O)(C(C)(C)C)O1. The maximum absolute atomic E-state index is 11.1. The van der Waals surface area contributed by atoms with E-state index in [1.54, 1.807) is 0 Å². The monoisotopic (exact) mass is 303 g/mol. The van der Waals surface area contributed by atoms with Crippen LogP contribution in [-0.4, -0.2) is 22.3 Å². The summed E-state index contributed by atoms with van der Waals surface area (Å²) in [5.74, 6) is -0.369. The van der Waals surface area contributed by atoms with Crippen LogP contribution in [0.15, 0.2) is 42.3 Å². The number of rotatable bonds is 2. The highest BCUT2D eigenvalue weighted by Crippen LogP contribution is 2.41. The van der Waals surface area contributed by atoms with Gasteiger partial charge in [-0.25, -0.2) is 0 Å². The van der Waals surface area contributed by atoms with E-state index in [0.29, 0.717) is 6.54 Å². The van der Waals surface area contributed by atoms with Gasteiger partial charge in [0, 0.05) is 23.6 Å². The van der Waals surface area contributed by atoms with Crippen molar-refractivity contribution in [1.82, 2.24) is 4.90 Å². The van der Waals surface area contributed by atoms with Crippen molar-refractivity contribution in [3.05, 3.63) is 47.9 Å². The van der Waals surface area contributed by atoms with Crippen LogP contribution >= 0.6 is 0 Å². The minimum atomic E-state index is -1.20. The summed E-state index contributed by atoms with van der Waals surface area (Å²) >= 11 is 0. The molecule has 1 aromatic rings. The first-order chi connectivity index (χ1) is 10.0. The van der Waals surface area contributed by atoms with Gasteiger partial charge in [-0.15, -0.1) is 0 Å². The number of ether oxygens (including phenoxy) is 1. The van der Waals surface area contributed by atoms with Crippen molar-refractivity contribution in [2.45, 2.75) is 53.9 Å². The second kappa shape index (κ2) is 5.62. The van der Waals surface area contributed by atoms with Gasteiger partial charge in [0.15, 0.2) is 0 Å². The fourth-order valence-electron chi connectivity index (χ4n) is 2.38. The maximum atomic E-state index is 11.1. The van der Waals surface area contributed by atoms with Gasteiger partial charge >= 0.3 is 0 Å². The molecule has 2 rings (SSSR count). The molecule has 3 nitrogen and oxygen atoms in total. The highest BCUT2D eigenvalue weighted by molar-refractivity contribution is 5.17. The maximum Gasteiger partial charge on any atom is 0.230 e. The van der Waals surface area contributed by atoms with E-state index >= 15 is 0 Å². The quantitative estimate of drug-likeness (QED) is 0.891. The third-order valence-corrected chi connectivity index (χ3v) is 4.14. The summed E-state index contributed by atoms with van der Waals surface area (Å²) in [5, 5.41) is 11.1. The summed E-state index contributed by atoms with van der Waals surface area (Å²) < 4.78 is 6.05. The van der Waals surface area contributed by atoms with E-state index in [1.165, 1.54) is 5.56 Å². The zero-order chi connectivity index (χ0) is 16.6. The van der Waals surface area contributed by atoms with Crippen LogP contribution in [-0.2, 0) is 11.3 Å². The first-order valence-corrected chi connectivity index (χ1v) is 7.93. The largest absolute Gasteiger partial charge is 0.462 e. The lowest BCUT2D eigenvalue weighted by Gasteiger charge is -2.48.